The van der Waals surface area contributed by atoms with E-state index in [9.17, 15) is 9.59 Å². The third kappa shape index (κ3) is 4.55. The molecule has 144 valence electrons. The third-order valence-corrected chi connectivity index (χ3v) is 4.80. The molecule has 0 aliphatic heterocycles. The lowest BCUT2D eigenvalue weighted by Gasteiger charge is -2.28. The Labute approximate surface area is 155 Å². The van der Waals surface area contributed by atoms with Gasteiger partial charge in [0.15, 0.2) is 0 Å². The summed E-state index contributed by atoms with van der Waals surface area (Å²) in [5.74, 6) is -0.0306. The van der Waals surface area contributed by atoms with Crippen molar-refractivity contribution >= 4 is 17.6 Å². The Morgan fingerprint density at radius 3 is 2.54 bits per heavy atom. The summed E-state index contributed by atoms with van der Waals surface area (Å²) in [5.41, 5.74) is -0.0554. The molecule has 1 aliphatic carbocycles. The lowest BCUT2D eigenvalue weighted by Crippen LogP contribution is -2.44. The SMILES string of the molecule is CCO[C@](C)(C(=O)Nc1ccc(O[C@H](C)CC)c(C(=O)OC)c1)C1CC1. The van der Waals surface area contributed by atoms with Gasteiger partial charge in [0.05, 0.1) is 13.2 Å². The molecule has 1 saturated carbocycles. The van der Waals surface area contributed by atoms with Crippen molar-refractivity contribution in [2.75, 3.05) is 19.0 Å². The maximum Gasteiger partial charge on any atom is 0.341 e. The van der Waals surface area contributed by atoms with Crippen molar-refractivity contribution in [3.8, 4) is 5.75 Å². The first-order valence-corrected chi connectivity index (χ1v) is 9.20. The number of hydrogen-bond donors (Lipinski definition) is 1. The van der Waals surface area contributed by atoms with Gasteiger partial charge in [-0.1, -0.05) is 6.92 Å². The van der Waals surface area contributed by atoms with Crippen molar-refractivity contribution in [2.45, 2.75) is 58.7 Å². The Kier molecular flexibility index (Phi) is 6.64. The summed E-state index contributed by atoms with van der Waals surface area (Å²) in [7, 11) is 1.32. The molecule has 0 heterocycles. The number of nitrogens with one attached hydrogen (secondary N) is 1. The van der Waals surface area contributed by atoms with Gasteiger partial charge in [-0.25, -0.2) is 4.79 Å². The molecule has 1 N–H and O–H groups in total. The highest BCUT2D eigenvalue weighted by atomic mass is 16.5. The molecule has 0 saturated heterocycles. The van der Waals surface area contributed by atoms with Crippen molar-refractivity contribution in [1.29, 1.82) is 0 Å². The van der Waals surface area contributed by atoms with Crippen molar-refractivity contribution in [3.63, 3.8) is 0 Å². The van der Waals surface area contributed by atoms with E-state index in [-0.39, 0.29) is 23.5 Å². The number of esters is 1. The molecular weight excluding hydrogens is 334 g/mol. The number of benzene rings is 1. The first-order valence-electron chi connectivity index (χ1n) is 9.20. The quantitative estimate of drug-likeness (QED) is 0.676. The first-order chi connectivity index (χ1) is 12.3. The summed E-state index contributed by atoms with van der Waals surface area (Å²) in [6.07, 6.45) is 2.75. The predicted octanol–water partition coefficient (Wildman–Crippen LogP) is 3.79. The van der Waals surface area contributed by atoms with E-state index in [2.05, 4.69) is 5.32 Å². The number of methoxy groups -OCH3 is 1. The van der Waals surface area contributed by atoms with Gasteiger partial charge in [0.1, 0.15) is 16.9 Å². The molecule has 6 heteroatoms. The fourth-order valence-electron chi connectivity index (χ4n) is 2.84. The minimum atomic E-state index is -0.855. The fourth-order valence-corrected chi connectivity index (χ4v) is 2.84. The van der Waals surface area contributed by atoms with Crippen LogP contribution in [0, 0.1) is 5.92 Å². The van der Waals surface area contributed by atoms with Gasteiger partial charge in [0.25, 0.3) is 5.91 Å². The van der Waals surface area contributed by atoms with E-state index in [0.717, 1.165) is 19.3 Å². The van der Waals surface area contributed by atoms with E-state index in [4.69, 9.17) is 14.2 Å². The second kappa shape index (κ2) is 8.54. The summed E-state index contributed by atoms with van der Waals surface area (Å²) in [6, 6.07) is 4.99. The second-order valence-electron chi connectivity index (χ2n) is 6.81. The van der Waals surface area contributed by atoms with E-state index in [1.54, 1.807) is 18.2 Å². The number of amides is 1. The Hall–Kier alpha value is -2.08. The molecule has 1 aromatic carbocycles. The molecule has 0 aromatic heterocycles. The van der Waals surface area contributed by atoms with Crippen LogP contribution in [0.2, 0.25) is 0 Å². The maximum atomic E-state index is 12.8. The van der Waals surface area contributed by atoms with Gasteiger partial charge in [-0.05, 0) is 64.2 Å². The van der Waals surface area contributed by atoms with E-state index >= 15 is 0 Å². The normalized spacial score (nSPS) is 17.1. The summed E-state index contributed by atoms with van der Waals surface area (Å²) < 4.78 is 16.4. The van der Waals surface area contributed by atoms with Crippen LogP contribution in [-0.2, 0) is 14.3 Å². The van der Waals surface area contributed by atoms with Crippen molar-refractivity contribution in [3.05, 3.63) is 23.8 Å². The highest BCUT2D eigenvalue weighted by Crippen LogP contribution is 2.42. The minimum absolute atomic E-state index is 0.0324. The zero-order valence-electron chi connectivity index (χ0n) is 16.3. The first kappa shape index (κ1) is 20.2. The number of hydrogen-bond acceptors (Lipinski definition) is 5. The summed E-state index contributed by atoms with van der Waals surface area (Å²) in [4.78, 5) is 24.9. The van der Waals surface area contributed by atoms with Gasteiger partial charge in [-0.2, -0.15) is 0 Å². The van der Waals surface area contributed by atoms with Gasteiger partial charge >= 0.3 is 5.97 Å². The molecule has 6 nitrogen and oxygen atoms in total. The summed E-state index contributed by atoms with van der Waals surface area (Å²) in [6.45, 7) is 8.11. The number of ether oxygens (including phenoxy) is 3. The average Bonchev–Trinajstić information content (AvgIpc) is 3.47. The number of carbonyl (C=O) groups excluding carboxylic acids is 2. The molecule has 2 rings (SSSR count). The molecule has 1 aromatic rings. The van der Waals surface area contributed by atoms with E-state index in [1.807, 2.05) is 27.7 Å². The Morgan fingerprint density at radius 2 is 2.00 bits per heavy atom. The molecule has 0 unspecified atom stereocenters. The van der Waals surface area contributed by atoms with Crippen LogP contribution in [-0.4, -0.2) is 37.3 Å². The molecule has 1 amide bonds. The Morgan fingerprint density at radius 1 is 1.31 bits per heavy atom. The van der Waals surface area contributed by atoms with Gasteiger partial charge in [-0.15, -0.1) is 0 Å². The number of carbonyl (C=O) groups is 2. The van der Waals surface area contributed by atoms with Crippen LogP contribution in [0.5, 0.6) is 5.75 Å². The highest BCUT2D eigenvalue weighted by molar-refractivity contribution is 5.99. The van der Waals surface area contributed by atoms with Gasteiger partial charge in [-0.3, -0.25) is 4.79 Å². The Bertz CT molecular complexity index is 656. The molecule has 0 radical (unpaired) electrons. The monoisotopic (exact) mass is 363 g/mol. The fraction of sp³-hybridized carbons (Fsp3) is 0.600. The topological polar surface area (TPSA) is 73.9 Å². The van der Waals surface area contributed by atoms with Crippen LogP contribution >= 0.6 is 0 Å². The predicted molar refractivity (Wildman–Crippen MR) is 99.5 cm³/mol. The number of rotatable bonds is 9. The van der Waals surface area contributed by atoms with Gasteiger partial charge < -0.3 is 19.5 Å². The zero-order chi connectivity index (χ0) is 19.3. The zero-order valence-corrected chi connectivity index (χ0v) is 16.3. The highest BCUT2D eigenvalue weighted by Gasteiger charge is 2.48. The molecule has 26 heavy (non-hydrogen) atoms. The number of anilines is 1. The van der Waals surface area contributed by atoms with Gasteiger partial charge in [0.2, 0.25) is 0 Å². The molecule has 2 atom stereocenters. The van der Waals surface area contributed by atoms with E-state index in [0.29, 0.717) is 18.0 Å². The van der Waals surface area contributed by atoms with Crippen LogP contribution in [0.4, 0.5) is 5.69 Å². The smallest absolute Gasteiger partial charge is 0.341 e. The molecule has 1 aliphatic rings. The van der Waals surface area contributed by atoms with Crippen LogP contribution in [0.1, 0.15) is 57.3 Å². The lowest BCUT2D eigenvalue weighted by atomic mass is 9.98. The molecular formula is C20H29NO5. The van der Waals surface area contributed by atoms with Crippen LogP contribution in [0.3, 0.4) is 0 Å². The molecule has 0 bridgehead atoms. The second-order valence-corrected chi connectivity index (χ2v) is 6.81. The van der Waals surface area contributed by atoms with E-state index in [1.165, 1.54) is 7.11 Å². The summed E-state index contributed by atoms with van der Waals surface area (Å²) >= 11 is 0. The third-order valence-electron chi connectivity index (χ3n) is 4.80. The van der Waals surface area contributed by atoms with Crippen LogP contribution in [0.25, 0.3) is 0 Å². The van der Waals surface area contributed by atoms with Crippen molar-refractivity contribution in [1.82, 2.24) is 0 Å². The van der Waals surface area contributed by atoms with Crippen molar-refractivity contribution in [2.24, 2.45) is 5.92 Å². The van der Waals surface area contributed by atoms with Crippen LogP contribution < -0.4 is 10.1 Å². The van der Waals surface area contributed by atoms with Gasteiger partial charge in [0, 0.05) is 12.3 Å². The van der Waals surface area contributed by atoms with Crippen molar-refractivity contribution < 1.29 is 23.8 Å². The lowest BCUT2D eigenvalue weighted by molar-refractivity contribution is -0.141. The maximum absolute atomic E-state index is 12.8. The standard InChI is InChI=1S/C20H29NO5/c1-6-13(3)26-17-11-10-15(12-16(17)18(22)24-5)21-19(23)20(4,25-7-2)14-8-9-14/h10-14H,6-9H2,1-5H3,(H,21,23)/t13-,20+/m1/s1. The summed E-state index contributed by atoms with van der Waals surface area (Å²) in [5, 5.41) is 2.88. The minimum Gasteiger partial charge on any atom is -0.490 e. The molecule has 0 spiro atoms. The van der Waals surface area contributed by atoms with E-state index < -0.39 is 11.6 Å². The largest absolute Gasteiger partial charge is 0.490 e. The Balaban J connectivity index is 2.23. The average molecular weight is 363 g/mol. The van der Waals surface area contributed by atoms with Crippen LogP contribution in [0.15, 0.2) is 18.2 Å². The molecule has 1 fully saturated rings.